The molecule has 2 aromatic heterocycles. The van der Waals surface area contributed by atoms with E-state index < -0.39 is 0 Å². The van der Waals surface area contributed by atoms with Gasteiger partial charge in [0.15, 0.2) is 5.16 Å². The Morgan fingerprint density at radius 3 is 2.39 bits per heavy atom. The Balaban J connectivity index is 2.04. The Morgan fingerprint density at radius 2 is 1.87 bits per heavy atom. The van der Waals surface area contributed by atoms with Crippen LogP contribution < -0.4 is 0 Å². The molecule has 0 aromatic carbocycles. The zero-order chi connectivity index (χ0) is 17.1. The third kappa shape index (κ3) is 4.31. The fraction of sp³-hybridized carbons (Fsp3) is 0.500. The maximum Gasteiger partial charge on any atom is 0.235 e. The van der Waals surface area contributed by atoms with Crippen molar-refractivity contribution < 1.29 is 4.79 Å². The molecular formula is C16H23N5OS. The molecular weight excluding hydrogens is 310 g/mol. The van der Waals surface area contributed by atoms with Crippen molar-refractivity contribution in [2.45, 2.75) is 51.6 Å². The van der Waals surface area contributed by atoms with Gasteiger partial charge in [0.05, 0.1) is 10.9 Å². The number of thioether (sulfide) groups is 1. The van der Waals surface area contributed by atoms with Crippen molar-refractivity contribution in [1.82, 2.24) is 25.1 Å². The van der Waals surface area contributed by atoms with E-state index in [1.807, 2.05) is 47.7 Å². The van der Waals surface area contributed by atoms with Gasteiger partial charge in [0.1, 0.15) is 0 Å². The molecule has 0 radical (unpaired) electrons. The number of hydrogen-bond donors (Lipinski definition) is 1. The van der Waals surface area contributed by atoms with Crippen molar-refractivity contribution >= 4 is 17.7 Å². The summed E-state index contributed by atoms with van der Waals surface area (Å²) in [5.74, 6) is 0.0535. The number of amides is 1. The van der Waals surface area contributed by atoms with Crippen molar-refractivity contribution in [2.75, 3.05) is 7.05 Å². The van der Waals surface area contributed by atoms with Crippen LogP contribution in [0.3, 0.4) is 0 Å². The van der Waals surface area contributed by atoms with Crippen molar-refractivity contribution in [1.29, 1.82) is 0 Å². The summed E-state index contributed by atoms with van der Waals surface area (Å²) in [5, 5.41) is 7.53. The predicted octanol–water partition coefficient (Wildman–Crippen LogP) is 2.57. The lowest BCUT2D eigenvalue weighted by molar-refractivity contribution is -0.129. The van der Waals surface area contributed by atoms with Crippen molar-refractivity contribution in [3.05, 3.63) is 34.4 Å². The van der Waals surface area contributed by atoms with Gasteiger partial charge in [0.25, 0.3) is 0 Å². The average molecular weight is 333 g/mol. The number of nitrogens with one attached hydrogen (secondary N) is 1. The minimum absolute atomic E-state index is 0.0535. The molecule has 0 fully saturated rings. The summed E-state index contributed by atoms with van der Waals surface area (Å²) >= 11 is 1.39. The molecule has 124 valence electrons. The summed E-state index contributed by atoms with van der Waals surface area (Å²) in [5.41, 5.74) is 4.83. The first-order chi connectivity index (χ1) is 10.8. The molecule has 0 bridgehead atoms. The van der Waals surface area contributed by atoms with Gasteiger partial charge in [-0.1, -0.05) is 11.8 Å². The largest absolute Gasteiger partial charge is 0.340 e. The van der Waals surface area contributed by atoms with Crippen LogP contribution in [0.1, 0.15) is 35.3 Å². The third-order valence-corrected chi connectivity index (χ3v) is 4.59. The molecule has 0 spiro atoms. The molecule has 0 unspecified atom stereocenters. The van der Waals surface area contributed by atoms with Crippen LogP contribution in [-0.4, -0.2) is 43.3 Å². The van der Waals surface area contributed by atoms with Gasteiger partial charge < -0.3 is 4.90 Å². The summed E-state index contributed by atoms with van der Waals surface area (Å²) in [6.45, 7) is 10.2. The number of nitrogens with zero attached hydrogens (tertiary/aromatic N) is 4. The van der Waals surface area contributed by atoms with Crippen LogP contribution in [-0.2, 0) is 11.3 Å². The van der Waals surface area contributed by atoms with E-state index in [9.17, 15) is 4.79 Å². The topological polar surface area (TPSA) is 74.8 Å². The Bertz CT molecular complexity index is 673. The van der Waals surface area contributed by atoms with E-state index in [4.69, 9.17) is 0 Å². The molecule has 2 heterocycles. The molecule has 0 saturated heterocycles. The minimum Gasteiger partial charge on any atom is -0.340 e. The number of aryl methyl sites for hydroxylation is 4. The first-order valence-corrected chi connectivity index (χ1v) is 8.40. The second-order valence-electron chi connectivity index (χ2n) is 5.80. The molecule has 0 aliphatic carbocycles. The van der Waals surface area contributed by atoms with Crippen LogP contribution in [0.5, 0.6) is 0 Å². The van der Waals surface area contributed by atoms with Crippen LogP contribution in [0.15, 0.2) is 11.2 Å². The van der Waals surface area contributed by atoms with Gasteiger partial charge >= 0.3 is 0 Å². The summed E-state index contributed by atoms with van der Waals surface area (Å²) in [6, 6.07) is 1.92. The zero-order valence-corrected chi connectivity index (χ0v) is 15.3. The molecule has 2 aromatic rings. The van der Waals surface area contributed by atoms with Gasteiger partial charge in [0.2, 0.25) is 5.91 Å². The normalized spacial score (nSPS) is 12.3. The van der Waals surface area contributed by atoms with Crippen LogP contribution in [0, 0.1) is 27.7 Å². The summed E-state index contributed by atoms with van der Waals surface area (Å²) in [6.07, 6.45) is 0. The summed E-state index contributed by atoms with van der Waals surface area (Å²) in [4.78, 5) is 23.1. The minimum atomic E-state index is -0.242. The number of aromatic amines is 1. The average Bonchev–Trinajstić information content (AvgIpc) is 2.77. The molecule has 1 N–H and O–H groups in total. The van der Waals surface area contributed by atoms with Crippen molar-refractivity contribution in [3.63, 3.8) is 0 Å². The number of rotatable bonds is 5. The monoisotopic (exact) mass is 333 g/mol. The maximum absolute atomic E-state index is 12.6. The van der Waals surface area contributed by atoms with E-state index in [0.29, 0.717) is 11.7 Å². The quantitative estimate of drug-likeness (QED) is 0.672. The lowest BCUT2D eigenvalue weighted by atomic mass is 10.2. The number of H-pyrrole nitrogens is 1. The number of hydrogen-bond acceptors (Lipinski definition) is 5. The second-order valence-corrected chi connectivity index (χ2v) is 7.11. The van der Waals surface area contributed by atoms with Gasteiger partial charge in [-0.3, -0.25) is 9.89 Å². The van der Waals surface area contributed by atoms with Gasteiger partial charge in [-0.15, -0.1) is 0 Å². The van der Waals surface area contributed by atoms with E-state index in [2.05, 4.69) is 20.2 Å². The van der Waals surface area contributed by atoms with Crippen LogP contribution in [0.2, 0.25) is 0 Å². The molecule has 2 rings (SSSR count). The van der Waals surface area contributed by atoms with Crippen LogP contribution in [0.25, 0.3) is 0 Å². The van der Waals surface area contributed by atoms with Crippen molar-refractivity contribution in [3.8, 4) is 0 Å². The lowest BCUT2D eigenvalue weighted by Gasteiger charge is -2.21. The highest BCUT2D eigenvalue weighted by Crippen LogP contribution is 2.22. The Hall–Kier alpha value is -1.89. The number of carbonyl (C=O) groups is 1. The Morgan fingerprint density at radius 1 is 1.26 bits per heavy atom. The smallest absolute Gasteiger partial charge is 0.235 e. The summed E-state index contributed by atoms with van der Waals surface area (Å²) in [7, 11) is 1.81. The Kier molecular flexibility index (Phi) is 5.41. The molecule has 0 saturated carbocycles. The van der Waals surface area contributed by atoms with Gasteiger partial charge in [-0.05, 0) is 40.7 Å². The van der Waals surface area contributed by atoms with Crippen molar-refractivity contribution in [2.24, 2.45) is 0 Å². The first kappa shape index (κ1) is 17.5. The first-order valence-electron chi connectivity index (χ1n) is 7.52. The fourth-order valence-corrected chi connectivity index (χ4v) is 3.38. The van der Waals surface area contributed by atoms with E-state index in [-0.39, 0.29) is 11.2 Å². The maximum atomic E-state index is 12.6. The van der Waals surface area contributed by atoms with Gasteiger partial charge in [-0.25, -0.2) is 9.97 Å². The van der Waals surface area contributed by atoms with Gasteiger partial charge in [0, 0.05) is 36.2 Å². The lowest BCUT2D eigenvalue weighted by Crippen LogP contribution is -2.33. The predicted molar refractivity (Wildman–Crippen MR) is 91.4 cm³/mol. The fourth-order valence-electron chi connectivity index (χ4n) is 2.39. The molecule has 0 aliphatic rings. The van der Waals surface area contributed by atoms with E-state index in [0.717, 1.165) is 28.3 Å². The van der Waals surface area contributed by atoms with Crippen LogP contribution in [0.4, 0.5) is 0 Å². The molecule has 1 amide bonds. The zero-order valence-electron chi connectivity index (χ0n) is 14.5. The number of aromatic nitrogens is 4. The van der Waals surface area contributed by atoms with E-state index in [1.165, 1.54) is 11.8 Å². The SMILES string of the molecule is Cc1cc(C)nc(S[C@@H](C)C(=O)N(C)Cc2c(C)n[nH]c2C)n1. The third-order valence-electron chi connectivity index (χ3n) is 3.64. The standard InChI is InChI=1S/C16H23N5OS/c1-9-7-10(2)18-16(17-9)23-13(5)15(22)21(6)8-14-11(3)19-20-12(14)4/h7,13H,8H2,1-6H3,(H,19,20)/t13-/m0/s1. The molecule has 23 heavy (non-hydrogen) atoms. The van der Waals surface area contributed by atoms with Crippen LogP contribution >= 0.6 is 11.8 Å². The van der Waals surface area contributed by atoms with E-state index in [1.54, 1.807) is 4.90 Å². The Labute approximate surface area is 141 Å². The number of carbonyl (C=O) groups excluding carboxylic acids is 1. The highest BCUT2D eigenvalue weighted by Gasteiger charge is 2.21. The molecule has 7 heteroatoms. The molecule has 1 atom stereocenters. The second kappa shape index (κ2) is 7.12. The van der Waals surface area contributed by atoms with E-state index >= 15 is 0 Å². The molecule has 0 aliphatic heterocycles. The molecule has 6 nitrogen and oxygen atoms in total. The van der Waals surface area contributed by atoms with Gasteiger partial charge in [-0.2, -0.15) is 5.10 Å². The highest BCUT2D eigenvalue weighted by molar-refractivity contribution is 8.00. The highest BCUT2D eigenvalue weighted by atomic mass is 32.2. The summed E-state index contributed by atoms with van der Waals surface area (Å²) < 4.78 is 0.